The molecule has 0 spiro atoms. The molecular formula is C69H106N20O13. The zero-order valence-corrected chi connectivity index (χ0v) is 59.9. The lowest BCUT2D eigenvalue weighted by Crippen LogP contribution is -2.61. The number of nitrogens with zero attached hydrogens (tertiary/aromatic N) is 5. The number of H-pyrrole nitrogens is 1. The van der Waals surface area contributed by atoms with Gasteiger partial charge < -0.3 is 90.7 Å². The third-order valence-electron chi connectivity index (χ3n) is 17.6. The fourth-order valence-electron chi connectivity index (χ4n) is 11.7. The molecule has 20 N–H and O–H groups in total. The summed E-state index contributed by atoms with van der Waals surface area (Å²) in [4.78, 5) is 182. The second-order valence-corrected chi connectivity index (χ2v) is 27.3. The molecule has 1 fully saturated rings. The van der Waals surface area contributed by atoms with Crippen LogP contribution in [0.3, 0.4) is 0 Å². The van der Waals surface area contributed by atoms with Crippen LogP contribution in [0.2, 0.25) is 0 Å². The number of carbonyl (C=O) groups is 11. The molecule has 5 rings (SSSR count). The predicted molar refractivity (Wildman–Crippen MR) is 382 cm³/mol. The molecule has 1 aliphatic heterocycles. The number of Topliss-reactive ketones (excluding diaryl/α,β-unsaturated/α-hetero) is 1. The smallest absolute Gasteiger partial charge is 0.261 e. The van der Waals surface area contributed by atoms with Gasteiger partial charge in [0.15, 0.2) is 11.7 Å². The number of piperazine rings is 1. The maximum atomic E-state index is 14.9. The van der Waals surface area contributed by atoms with Gasteiger partial charge in [-0.25, -0.2) is 9.97 Å². The minimum Gasteiger partial charge on any atom is -0.508 e. The van der Waals surface area contributed by atoms with Gasteiger partial charge in [-0.05, 0) is 118 Å². The van der Waals surface area contributed by atoms with Crippen LogP contribution in [0.25, 0.3) is 10.9 Å². The number of phenols is 1. The van der Waals surface area contributed by atoms with Crippen LogP contribution in [0.1, 0.15) is 131 Å². The van der Waals surface area contributed by atoms with Gasteiger partial charge in [-0.1, -0.05) is 73.9 Å². The quantitative estimate of drug-likeness (QED) is 0.0141. The van der Waals surface area contributed by atoms with Crippen molar-refractivity contribution in [2.75, 3.05) is 44.2 Å². The van der Waals surface area contributed by atoms with Gasteiger partial charge in [-0.15, -0.1) is 0 Å². The number of phenolic OH excluding ortho intramolecular Hbond substituents is 1. The van der Waals surface area contributed by atoms with Crippen molar-refractivity contribution >= 4 is 87.4 Å². The normalized spacial score (nSPS) is 15.3. The lowest BCUT2D eigenvalue weighted by atomic mass is 9.98. The Bertz CT molecular complexity index is 3580. The summed E-state index contributed by atoms with van der Waals surface area (Å²) in [7, 11) is 0. The maximum Gasteiger partial charge on any atom is 0.261 e. The van der Waals surface area contributed by atoms with E-state index in [1.807, 2.05) is 18.7 Å². The number of nitrogens with two attached hydrogens (primary N) is 4. The van der Waals surface area contributed by atoms with Crippen molar-refractivity contribution < 1.29 is 57.8 Å². The van der Waals surface area contributed by atoms with E-state index in [-0.39, 0.29) is 103 Å². The highest BCUT2D eigenvalue weighted by atomic mass is 16.3. The number of carbonyl (C=O) groups excluding carboxylic acids is 11. The molecule has 10 amide bonds. The van der Waals surface area contributed by atoms with Crippen molar-refractivity contribution in [2.24, 2.45) is 46.6 Å². The fourth-order valence-corrected chi connectivity index (χ4v) is 11.7. The molecule has 560 valence electrons. The number of nitrogens with one attached hydrogen (secondary N) is 11. The minimum absolute atomic E-state index is 0.0517. The van der Waals surface area contributed by atoms with Gasteiger partial charge >= 0.3 is 0 Å². The number of guanidine groups is 1. The molecule has 1 saturated heterocycles. The monoisotopic (exact) mass is 1420 g/mol. The van der Waals surface area contributed by atoms with Gasteiger partial charge in [-0.3, -0.25) is 67.5 Å². The highest BCUT2D eigenvalue weighted by Gasteiger charge is 2.37. The van der Waals surface area contributed by atoms with E-state index in [0.29, 0.717) is 75.2 Å². The number of hydrogen-bond donors (Lipinski definition) is 16. The Morgan fingerprint density at radius 1 is 0.647 bits per heavy atom. The molecule has 1 aliphatic rings. The number of ketones is 1. The van der Waals surface area contributed by atoms with E-state index in [4.69, 9.17) is 28.3 Å². The number of aromatic amines is 1. The Labute approximate surface area is 594 Å². The summed E-state index contributed by atoms with van der Waals surface area (Å²) in [5, 5.41) is 42.2. The number of aromatic hydroxyl groups is 1. The molecule has 33 nitrogen and oxygen atoms in total. The molecule has 102 heavy (non-hydrogen) atoms. The summed E-state index contributed by atoms with van der Waals surface area (Å²) in [6.07, 6.45) is 5.21. The van der Waals surface area contributed by atoms with Crippen LogP contribution in [0.4, 0.5) is 5.69 Å². The summed E-state index contributed by atoms with van der Waals surface area (Å²) in [6, 6.07) is -0.424. The first-order valence-corrected chi connectivity index (χ1v) is 34.8. The first-order valence-electron chi connectivity index (χ1n) is 34.8. The van der Waals surface area contributed by atoms with Crippen LogP contribution >= 0.6 is 0 Å². The summed E-state index contributed by atoms with van der Waals surface area (Å²) in [5.74, 6) is -9.36. The van der Waals surface area contributed by atoms with Crippen LogP contribution in [0, 0.1) is 29.1 Å². The summed E-state index contributed by atoms with van der Waals surface area (Å²) in [6.45, 7) is 17.0. The van der Waals surface area contributed by atoms with Crippen molar-refractivity contribution in [1.82, 2.24) is 72.3 Å². The molecule has 2 aromatic heterocycles. The van der Waals surface area contributed by atoms with Crippen LogP contribution in [-0.2, 0) is 72.1 Å². The van der Waals surface area contributed by atoms with Gasteiger partial charge in [0.2, 0.25) is 59.1 Å². The van der Waals surface area contributed by atoms with Gasteiger partial charge in [0, 0.05) is 57.4 Å². The van der Waals surface area contributed by atoms with Crippen LogP contribution in [-0.4, -0.2) is 194 Å². The average Bonchev–Trinajstić information content (AvgIpc) is 0.823. The zero-order valence-electron chi connectivity index (χ0n) is 59.9. The van der Waals surface area contributed by atoms with E-state index in [1.165, 1.54) is 50.0 Å². The highest BCUT2D eigenvalue weighted by molar-refractivity contribution is 5.99. The molecule has 10 atom stereocenters. The third kappa shape index (κ3) is 26.2. The standard InChI is InChI=1S/C69H106N20O13/c1-10-41(8)58(72)66(100)80-50(14-11-12-22-70)68(102)88-26-24-87(25-27-88)45-18-21-48-47(32-45)67(101)89(37-78-48)35-57(93)79-49(15-13-23-76-69(73)74)60(94)84-54(31-44-34-75-36-77-44)63(97)83-53(30-43-16-19-46(91)20-17-43)62(96)81-51(28-38(2)3)61(95)85-55(33-56(71)92)64(98)82-52(29-39(4)5)65(99)86-59(40(6)7)42(9)90/h16-21,32,34,36-41,49-55,58-59,91H,10-15,22-31,33,35,70,72H2,1-9H3,(H2,71,92)(H,75,77)(H,79,93)(H,80,100)(H,81,96)(H,82,98)(H,83,97)(H,84,94)(H,85,95)(H,86,99)(H4,73,74,76)/t41-,49-,50-,51-,52-,53-,54-,55-,58-,59-/m0/s1. The molecule has 33 heteroatoms. The number of hydrogen-bond acceptors (Lipinski definition) is 19. The van der Waals surface area contributed by atoms with E-state index in [0.717, 1.165) is 4.57 Å². The molecule has 0 unspecified atom stereocenters. The summed E-state index contributed by atoms with van der Waals surface area (Å²) >= 11 is 0. The fraction of sp³-hybridized carbons (Fsp3) is 0.580. The molecule has 3 heterocycles. The Morgan fingerprint density at radius 3 is 1.75 bits per heavy atom. The number of primary amides is 1. The SMILES string of the molecule is CC[C@H](C)[C@H](N)C(=O)N[C@@H](CCCCN)C(=O)N1CCN(c2ccc3ncn(CC(=O)N[C@@H](CCCNC(=N)N)C(=O)N[C@@H](Cc4c[nH]cn4)C(=O)N[C@@H](Cc4ccc(O)cc4)C(=O)N[C@@H](CC(C)C)C(=O)N[C@@H](CC(N)=O)C(=O)N[C@@H](CC(C)C)C(=O)N[C@H](C(C)=O)C(C)C)c(=O)c3c2)CC1. The first kappa shape index (κ1) is 82.6. The largest absolute Gasteiger partial charge is 0.508 e. The Morgan fingerprint density at radius 2 is 1.20 bits per heavy atom. The summed E-state index contributed by atoms with van der Waals surface area (Å²) in [5.41, 5.74) is 24.2. The number of anilines is 1. The van der Waals surface area contributed by atoms with Gasteiger partial charge in [-0.2, -0.15) is 0 Å². The maximum absolute atomic E-state index is 14.9. The Balaban J connectivity index is 1.37. The number of benzene rings is 2. The van der Waals surface area contributed by atoms with E-state index in [2.05, 4.69) is 62.8 Å². The van der Waals surface area contributed by atoms with E-state index < -0.39 is 126 Å². The van der Waals surface area contributed by atoms with Crippen molar-refractivity contribution in [2.45, 2.75) is 194 Å². The third-order valence-corrected chi connectivity index (χ3v) is 17.6. The zero-order chi connectivity index (χ0) is 75.5. The van der Waals surface area contributed by atoms with Gasteiger partial charge in [0.1, 0.15) is 54.6 Å². The van der Waals surface area contributed by atoms with Gasteiger partial charge in [0.25, 0.3) is 5.56 Å². The minimum atomic E-state index is -1.66. The number of fused-ring (bicyclic) bond motifs is 1. The number of imidazole rings is 1. The molecule has 0 bridgehead atoms. The molecular weight excluding hydrogens is 1320 g/mol. The number of aromatic nitrogens is 4. The van der Waals surface area contributed by atoms with Crippen molar-refractivity contribution in [3.05, 3.63) is 82.9 Å². The first-order chi connectivity index (χ1) is 48.3. The average molecular weight is 1420 g/mol. The van der Waals surface area contributed by atoms with Crippen LogP contribution < -0.4 is 81.2 Å². The second kappa shape index (κ2) is 40.4. The Hall–Kier alpha value is -10.1. The van der Waals surface area contributed by atoms with Crippen molar-refractivity contribution in [3.8, 4) is 5.75 Å². The molecule has 0 radical (unpaired) electrons. The number of unbranched alkanes of at least 4 members (excludes halogenated alkanes) is 1. The lowest BCUT2D eigenvalue weighted by Gasteiger charge is -2.38. The molecule has 4 aromatic rings. The van der Waals surface area contributed by atoms with Gasteiger partial charge in [0.05, 0.1) is 47.8 Å². The van der Waals surface area contributed by atoms with E-state index in [9.17, 15) is 62.6 Å². The molecule has 0 aliphatic carbocycles. The van der Waals surface area contributed by atoms with Crippen molar-refractivity contribution in [3.63, 3.8) is 0 Å². The van der Waals surface area contributed by atoms with Crippen molar-refractivity contribution in [1.29, 1.82) is 5.41 Å². The topological polar surface area (TPSA) is 514 Å². The predicted octanol–water partition coefficient (Wildman–Crippen LogP) is -1.18. The Kier molecular flexibility index (Phi) is 32.7. The number of amides is 10. The molecule has 0 saturated carbocycles. The van der Waals surface area contributed by atoms with E-state index >= 15 is 0 Å². The molecule has 2 aromatic carbocycles. The summed E-state index contributed by atoms with van der Waals surface area (Å²) < 4.78 is 1.07. The van der Waals surface area contributed by atoms with E-state index in [1.54, 1.807) is 64.6 Å². The van der Waals surface area contributed by atoms with Crippen LogP contribution in [0.15, 0.2) is 66.1 Å². The highest BCUT2D eigenvalue weighted by Crippen LogP contribution is 2.22. The number of rotatable bonds is 41. The second-order valence-electron chi connectivity index (χ2n) is 27.3. The lowest BCUT2D eigenvalue weighted by molar-refractivity contribution is -0.137. The van der Waals surface area contributed by atoms with Crippen LogP contribution in [0.5, 0.6) is 5.75 Å².